The van der Waals surface area contributed by atoms with E-state index in [0.29, 0.717) is 17.0 Å². The van der Waals surface area contributed by atoms with Gasteiger partial charge in [-0.05, 0) is 79.3 Å². The third kappa shape index (κ3) is 6.70. The second kappa shape index (κ2) is 13.8. The number of ether oxygens (including phenoxy) is 3. The molecule has 0 spiro atoms. The quantitative estimate of drug-likeness (QED) is 0.209. The van der Waals surface area contributed by atoms with E-state index in [-0.39, 0.29) is 34.6 Å². The van der Waals surface area contributed by atoms with Crippen LogP contribution in [0.15, 0.2) is 59.5 Å². The van der Waals surface area contributed by atoms with Gasteiger partial charge in [0, 0.05) is 54.7 Å². The zero-order chi connectivity index (χ0) is 36.9. The molecule has 3 aromatic carbocycles. The standard InChI is InChI=1S/C37H46N4O8S2/c1-23-30-20-26(47-5)14-17-28(30)35-34(24-11-9-8-10-12-24)29-16-13-25(36(42)38-51(45,46)40(3)4)19-31(29)41(35)22-37(23,2)39-50(43,44)33-18-15-27(48-6)21-32(33)49-7/h13-21,23-24,39H,8-12,22H2,1-7H3,(H,38,42). The summed E-state index contributed by atoms with van der Waals surface area (Å²) in [6.45, 7) is 4.09. The maximum Gasteiger partial charge on any atom is 0.303 e. The van der Waals surface area contributed by atoms with Gasteiger partial charge in [-0.25, -0.2) is 17.9 Å². The molecule has 2 aliphatic rings. The predicted molar refractivity (Wildman–Crippen MR) is 197 cm³/mol. The predicted octanol–water partition coefficient (Wildman–Crippen LogP) is 5.77. The smallest absolute Gasteiger partial charge is 0.303 e. The van der Waals surface area contributed by atoms with Gasteiger partial charge in [0.15, 0.2) is 0 Å². The fourth-order valence-corrected chi connectivity index (χ4v) is 9.73. The van der Waals surface area contributed by atoms with Crippen molar-refractivity contribution in [2.45, 2.75) is 74.8 Å². The van der Waals surface area contributed by atoms with Crippen molar-refractivity contribution in [1.82, 2.24) is 18.3 Å². The zero-order valence-electron chi connectivity index (χ0n) is 30.1. The number of amides is 1. The Kier molecular flexibility index (Phi) is 9.92. The van der Waals surface area contributed by atoms with Crippen molar-refractivity contribution in [3.63, 3.8) is 0 Å². The fraction of sp³-hybridized carbons (Fsp3) is 0.432. The first-order valence-corrected chi connectivity index (χ1v) is 19.9. The van der Waals surface area contributed by atoms with Gasteiger partial charge in [-0.3, -0.25) is 4.79 Å². The molecule has 2 atom stereocenters. The van der Waals surface area contributed by atoms with Crippen LogP contribution in [0.5, 0.6) is 17.2 Å². The second-order valence-electron chi connectivity index (χ2n) is 13.8. The molecule has 51 heavy (non-hydrogen) atoms. The van der Waals surface area contributed by atoms with Crippen LogP contribution in [0.1, 0.15) is 79.3 Å². The molecule has 4 aromatic rings. The van der Waals surface area contributed by atoms with Crippen molar-refractivity contribution in [2.75, 3.05) is 35.4 Å². The minimum absolute atomic E-state index is 0.0316. The molecule has 6 rings (SSSR count). The minimum Gasteiger partial charge on any atom is -0.497 e. The van der Waals surface area contributed by atoms with Gasteiger partial charge in [-0.1, -0.05) is 32.3 Å². The van der Waals surface area contributed by atoms with Gasteiger partial charge >= 0.3 is 10.2 Å². The summed E-state index contributed by atoms with van der Waals surface area (Å²) in [7, 11) is -1.02. The number of aromatic nitrogens is 1. The highest BCUT2D eigenvalue weighted by Gasteiger charge is 2.43. The van der Waals surface area contributed by atoms with E-state index < -0.39 is 31.7 Å². The largest absolute Gasteiger partial charge is 0.497 e. The third-order valence-electron chi connectivity index (χ3n) is 10.5. The van der Waals surface area contributed by atoms with E-state index in [1.807, 2.05) is 38.1 Å². The summed E-state index contributed by atoms with van der Waals surface area (Å²) >= 11 is 0. The molecular formula is C37H46N4O8S2. The molecule has 1 aliphatic heterocycles. The Balaban J connectivity index is 1.60. The summed E-state index contributed by atoms with van der Waals surface area (Å²) in [6, 6.07) is 15.8. The third-order valence-corrected chi connectivity index (χ3v) is 13.6. The monoisotopic (exact) mass is 738 g/mol. The van der Waals surface area contributed by atoms with E-state index in [2.05, 4.69) is 14.0 Å². The number of nitrogens with zero attached hydrogens (tertiary/aromatic N) is 2. The lowest BCUT2D eigenvalue weighted by Gasteiger charge is -2.36. The Hall–Kier alpha value is -4.11. The van der Waals surface area contributed by atoms with Crippen molar-refractivity contribution in [2.24, 2.45) is 0 Å². The summed E-state index contributed by atoms with van der Waals surface area (Å²) in [6.07, 6.45) is 5.34. The zero-order valence-corrected chi connectivity index (χ0v) is 31.7. The van der Waals surface area contributed by atoms with E-state index in [9.17, 15) is 21.6 Å². The molecule has 0 radical (unpaired) electrons. The number of sulfonamides is 1. The first-order chi connectivity index (χ1) is 24.1. The van der Waals surface area contributed by atoms with Crippen LogP contribution in [0.25, 0.3) is 22.2 Å². The highest BCUT2D eigenvalue weighted by atomic mass is 32.2. The van der Waals surface area contributed by atoms with Crippen LogP contribution in [0, 0.1) is 0 Å². The van der Waals surface area contributed by atoms with Gasteiger partial charge in [0.25, 0.3) is 5.91 Å². The Morgan fingerprint density at radius 1 is 0.882 bits per heavy atom. The highest BCUT2D eigenvalue weighted by molar-refractivity contribution is 7.89. The SMILES string of the molecule is COc1ccc(S(=O)(=O)NC2(C)Cn3c(c(C4CCCCC4)c4ccc(C(=O)NS(=O)(=O)N(C)C)cc43)-c3ccc(OC)cc3C2C)c(OC)c1. The number of fused-ring (bicyclic) bond motifs is 5. The molecule has 1 saturated carbocycles. The molecule has 1 aliphatic carbocycles. The minimum atomic E-state index is -4.18. The lowest BCUT2D eigenvalue weighted by molar-refractivity contribution is 0.0979. The molecule has 2 heterocycles. The number of hydrogen-bond acceptors (Lipinski definition) is 8. The van der Waals surface area contributed by atoms with Crippen LogP contribution in [0.2, 0.25) is 0 Å². The summed E-state index contributed by atoms with van der Waals surface area (Å²) in [5.74, 6) is 0.352. The molecule has 0 bridgehead atoms. The Labute approximate surface area is 300 Å². The molecule has 274 valence electrons. The maximum atomic E-state index is 14.4. The van der Waals surface area contributed by atoms with Crippen molar-refractivity contribution in [3.8, 4) is 28.5 Å². The van der Waals surface area contributed by atoms with Crippen LogP contribution < -0.4 is 23.7 Å². The van der Waals surface area contributed by atoms with E-state index in [0.717, 1.165) is 64.2 Å². The lowest BCUT2D eigenvalue weighted by Crippen LogP contribution is -2.52. The van der Waals surface area contributed by atoms with E-state index in [4.69, 9.17) is 14.2 Å². The topological polar surface area (TPSA) is 145 Å². The summed E-state index contributed by atoms with van der Waals surface area (Å²) < 4.78 is 78.7. The van der Waals surface area contributed by atoms with Crippen LogP contribution in [0.4, 0.5) is 0 Å². The number of benzene rings is 3. The molecule has 1 amide bonds. The van der Waals surface area contributed by atoms with E-state index in [1.54, 1.807) is 25.3 Å². The van der Waals surface area contributed by atoms with Crippen LogP contribution >= 0.6 is 0 Å². The normalized spacial score (nSPS) is 19.6. The average molecular weight is 739 g/mol. The van der Waals surface area contributed by atoms with Crippen LogP contribution in [-0.4, -0.2) is 72.6 Å². The summed E-state index contributed by atoms with van der Waals surface area (Å²) in [5, 5.41) is 0.947. The molecule has 0 saturated heterocycles. The summed E-state index contributed by atoms with van der Waals surface area (Å²) in [5.41, 5.74) is 3.73. The number of nitrogens with one attached hydrogen (secondary N) is 2. The molecule has 1 aromatic heterocycles. The number of carbonyl (C=O) groups excluding carboxylic acids is 1. The average Bonchev–Trinajstić information content (AvgIpc) is 3.38. The van der Waals surface area contributed by atoms with Gasteiger partial charge in [0.2, 0.25) is 10.0 Å². The van der Waals surface area contributed by atoms with Gasteiger partial charge in [0.05, 0.1) is 32.6 Å². The Morgan fingerprint density at radius 3 is 2.20 bits per heavy atom. The fourth-order valence-electron chi connectivity index (χ4n) is 7.57. The Morgan fingerprint density at radius 2 is 1.55 bits per heavy atom. The van der Waals surface area contributed by atoms with Gasteiger partial charge in [0.1, 0.15) is 22.1 Å². The second-order valence-corrected chi connectivity index (χ2v) is 17.4. The molecule has 2 N–H and O–H groups in total. The molecule has 14 heteroatoms. The van der Waals surface area contributed by atoms with E-state index in [1.165, 1.54) is 40.4 Å². The first-order valence-electron chi connectivity index (χ1n) is 17.0. The number of hydrogen-bond donors (Lipinski definition) is 2. The van der Waals surface area contributed by atoms with Gasteiger partial charge in [-0.2, -0.15) is 12.7 Å². The van der Waals surface area contributed by atoms with Gasteiger partial charge in [-0.15, -0.1) is 0 Å². The van der Waals surface area contributed by atoms with Crippen molar-refractivity contribution >= 4 is 37.0 Å². The Bertz CT molecular complexity index is 2210. The maximum absolute atomic E-state index is 14.4. The molecule has 12 nitrogen and oxygen atoms in total. The van der Waals surface area contributed by atoms with E-state index >= 15 is 0 Å². The lowest BCUT2D eigenvalue weighted by atomic mass is 9.78. The molecule has 1 fully saturated rings. The van der Waals surface area contributed by atoms with Crippen molar-refractivity contribution < 1.29 is 35.8 Å². The molecular weight excluding hydrogens is 693 g/mol. The highest BCUT2D eigenvalue weighted by Crippen LogP contribution is 2.50. The number of rotatable bonds is 10. The van der Waals surface area contributed by atoms with Crippen LogP contribution in [0.3, 0.4) is 0 Å². The first kappa shape index (κ1) is 36.7. The van der Waals surface area contributed by atoms with Crippen molar-refractivity contribution in [3.05, 3.63) is 71.3 Å². The summed E-state index contributed by atoms with van der Waals surface area (Å²) in [4.78, 5) is 13.4. The van der Waals surface area contributed by atoms with Crippen LogP contribution in [-0.2, 0) is 26.8 Å². The number of carbonyl (C=O) groups is 1. The number of methoxy groups -OCH3 is 3. The molecule has 2 unspecified atom stereocenters. The van der Waals surface area contributed by atoms with Crippen molar-refractivity contribution in [1.29, 1.82) is 0 Å². The van der Waals surface area contributed by atoms with Gasteiger partial charge < -0.3 is 18.8 Å².